The zero-order valence-electron chi connectivity index (χ0n) is 12.9. The molecule has 0 amide bonds. The maximum absolute atomic E-state index is 4.33. The molecule has 1 N–H and O–H groups in total. The minimum Gasteiger partial charge on any atom is -0.310 e. The summed E-state index contributed by atoms with van der Waals surface area (Å²) in [6, 6.07) is 15.8. The van der Waals surface area contributed by atoms with Gasteiger partial charge in [0.2, 0.25) is 0 Å². The monoisotopic (exact) mass is 280 g/mol. The topological polar surface area (TPSA) is 24.9 Å². The van der Waals surface area contributed by atoms with Gasteiger partial charge in [-0.3, -0.25) is 4.98 Å². The molecular weight excluding hydrogens is 256 g/mol. The molecule has 1 saturated carbocycles. The summed E-state index contributed by atoms with van der Waals surface area (Å²) in [5, 5.41) is 3.75. The Morgan fingerprint density at radius 3 is 2.76 bits per heavy atom. The van der Waals surface area contributed by atoms with Crippen LogP contribution in [0.1, 0.15) is 48.5 Å². The van der Waals surface area contributed by atoms with Gasteiger partial charge >= 0.3 is 0 Å². The van der Waals surface area contributed by atoms with Gasteiger partial charge in [0.25, 0.3) is 0 Å². The van der Waals surface area contributed by atoms with E-state index in [1.165, 1.54) is 24.0 Å². The van der Waals surface area contributed by atoms with E-state index in [4.69, 9.17) is 0 Å². The number of pyridine rings is 1. The van der Waals surface area contributed by atoms with Crippen molar-refractivity contribution < 1.29 is 0 Å². The van der Waals surface area contributed by atoms with E-state index in [0.29, 0.717) is 17.9 Å². The predicted octanol–water partition coefficient (Wildman–Crippen LogP) is 4.23. The van der Waals surface area contributed by atoms with Gasteiger partial charge in [0.1, 0.15) is 0 Å². The van der Waals surface area contributed by atoms with Gasteiger partial charge in [0.15, 0.2) is 0 Å². The van der Waals surface area contributed by atoms with Gasteiger partial charge in [-0.1, -0.05) is 37.3 Å². The third kappa shape index (κ3) is 3.33. The number of hydrogen-bond donors (Lipinski definition) is 1. The molecule has 2 nitrogen and oxygen atoms in total. The van der Waals surface area contributed by atoms with Crippen LogP contribution in [0, 0.1) is 12.8 Å². The van der Waals surface area contributed by atoms with Crippen LogP contribution in [-0.4, -0.2) is 11.5 Å². The van der Waals surface area contributed by atoms with Gasteiger partial charge in [-0.25, -0.2) is 0 Å². The summed E-state index contributed by atoms with van der Waals surface area (Å²) < 4.78 is 0. The van der Waals surface area contributed by atoms with E-state index >= 15 is 0 Å². The highest BCUT2D eigenvalue weighted by Gasteiger charge is 2.44. The van der Waals surface area contributed by atoms with E-state index in [0.717, 1.165) is 12.2 Å². The Morgan fingerprint density at radius 2 is 2.05 bits per heavy atom. The number of aromatic nitrogens is 1. The van der Waals surface area contributed by atoms with Crippen LogP contribution in [0.15, 0.2) is 48.7 Å². The Hall–Kier alpha value is -1.67. The van der Waals surface area contributed by atoms with Gasteiger partial charge in [0.05, 0.1) is 0 Å². The van der Waals surface area contributed by atoms with Gasteiger partial charge in [-0.15, -0.1) is 0 Å². The van der Waals surface area contributed by atoms with Crippen LogP contribution in [-0.2, 0) is 0 Å². The van der Waals surface area contributed by atoms with Crippen LogP contribution in [0.25, 0.3) is 0 Å². The molecule has 0 radical (unpaired) electrons. The molecule has 0 spiro atoms. The van der Waals surface area contributed by atoms with E-state index in [9.17, 15) is 0 Å². The molecule has 2 heteroatoms. The third-order valence-electron chi connectivity index (χ3n) is 4.39. The minimum atomic E-state index is 0.455. The number of hydrogen-bond acceptors (Lipinski definition) is 2. The lowest BCUT2D eigenvalue weighted by Crippen LogP contribution is -2.24. The maximum Gasteiger partial charge on any atom is 0.0375 e. The lowest BCUT2D eigenvalue weighted by molar-refractivity contribution is 0.472. The fourth-order valence-electron chi connectivity index (χ4n) is 3.24. The van der Waals surface area contributed by atoms with Crippen molar-refractivity contribution >= 4 is 0 Å². The largest absolute Gasteiger partial charge is 0.310 e. The summed E-state index contributed by atoms with van der Waals surface area (Å²) in [6.45, 7) is 5.37. The van der Waals surface area contributed by atoms with Crippen molar-refractivity contribution in [1.29, 1.82) is 0 Å². The van der Waals surface area contributed by atoms with Crippen molar-refractivity contribution in [2.24, 2.45) is 5.92 Å². The van der Waals surface area contributed by atoms with Gasteiger partial charge < -0.3 is 5.32 Å². The summed E-state index contributed by atoms with van der Waals surface area (Å²) in [7, 11) is 0. The van der Waals surface area contributed by atoms with Gasteiger partial charge in [-0.2, -0.15) is 0 Å². The number of nitrogens with zero attached hydrogens (tertiary/aromatic N) is 1. The molecule has 2 aromatic rings. The molecule has 0 aliphatic heterocycles. The minimum absolute atomic E-state index is 0.455. The molecule has 21 heavy (non-hydrogen) atoms. The molecule has 3 unspecified atom stereocenters. The van der Waals surface area contributed by atoms with Crippen LogP contribution in [0.4, 0.5) is 0 Å². The van der Waals surface area contributed by atoms with Crippen molar-refractivity contribution in [3.63, 3.8) is 0 Å². The molecule has 3 atom stereocenters. The van der Waals surface area contributed by atoms with E-state index in [1.54, 1.807) is 0 Å². The number of nitrogens with one attached hydrogen (secondary N) is 1. The highest BCUT2D eigenvalue weighted by atomic mass is 14.9. The van der Waals surface area contributed by atoms with E-state index in [-0.39, 0.29) is 0 Å². The second-order valence-electron chi connectivity index (χ2n) is 6.08. The first-order valence-electron chi connectivity index (χ1n) is 8.00. The molecule has 0 saturated heterocycles. The normalized spacial score (nSPS) is 22.0. The fraction of sp³-hybridized carbons (Fsp3) is 0.421. The average Bonchev–Trinajstić information content (AvgIpc) is 3.29. The van der Waals surface area contributed by atoms with Crippen LogP contribution < -0.4 is 5.32 Å². The molecule has 1 fully saturated rings. The number of aryl methyl sites for hydroxylation is 1. The van der Waals surface area contributed by atoms with Crippen LogP contribution >= 0.6 is 0 Å². The van der Waals surface area contributed by atoms with E-state index in [1.807, 2.05) is 6.20 Å². The number of benzene rings is 1. The summed E-state index contributed by atoms with van der Waals surface area (Å²) >= 11 is 0. The molecule has 110 valence electrons. The summed E-state index contributed by atoms with van der Waals surface area (Å²) in [5.74, 6) is 1.41. The molecule has 0 bridgehead atoms. The second kappa shape index (κ2) is 6.40. The number of rotatable bonds is 6. The molecular formula is C19H24N2. The fourth-order valence-corrected chi connectivity index (χ4v) is 3.24. The predicted molar refractivity (Wildman–Crippen MR) is 87.3 cm³/mol. The highest BCUT2D eigenvalue weighted by Crippen LogP contribution is 2.54. The molecule has 3 rings (SSSR count). The lowest BCUT2D eigenvalue weighted by Gasteiger charge is -2.20. The van der Waals surface area contributed by atoms with E-state index in [2.05, 4.69) is 66.6 Å². The standard InChI is InChI=1S/C19H24N2/c1-3-10-21-19(16-9-11-20-14(2)12-16)18-13-17(18)15-7-5-4-6-8-15/h4-9,11-12,17-19,21H,3,10,13H2,1-2H3. The molecule has 1 heterocycles. The Morgan fingerprint density at radius 1 is 1.24 bits per heavy atom. The molecule has 1 aliphatic carbocycles. The smallest absolute Gasteiger partial charge is 0.0375 e. The SMILES string of the molecule is CCCNC(c1ccnc(C)c1)C1CC1c1ccccc1. The van der Waals surface area contributed by atoms with Crippen molar-refractivity contribution in [2.45, 2.75) is 38.6 Å². The molecule has 1 aromatic carbocycles. The Labute approximate surface area is 127 Å². The third-order valence-corrected chi connectivity index (χ3v) is 4.39. The zero-order valence-corrected chi connectivity index (χ0v) is 12.9. The Kier molecular flexibility index (Phi) is 4.35. The van der Waals surface area contributed by atoms with Crippen molar-refractivity contribution in [2.75, 3.05) is 6.54 Å². The van der Waals surface area contributed by atoms with E-state index < -0.39 is 0 Å². The van der Waals surface area contributed by atoms with Crippen molar-refractivity contribution in [3.8, 4) is 0 Å². The van der Waals surface area contributed by atoms with Crippen molar-refractivity contribution in [3.05, 3.63) is 65.5 Å². The maximum atomic E-state index is 4.33. The van der Waals surface area contributed by atoms with Gasteiger partial charge in [-0.05, 0) is 61.4 Å². The quantitative estimate of drug-likeness (QED) is 0.856. The summed E-state index contributed by atoms with van der Waals surface area (Å²) in [5.41, 5.74) is 3.98. The summed E-state index contributed by atoms with van der Waals surface area (Å²) in [6.07, 6.45) is 4.39. The highest BCUT2D eigenvalue weighted by molar-refractivity contribution is 5.30. The molecule has 1 aromatic heterocycles. The van der Waals surface area contributed by atoms with Crippen molar-refractivity contribution in [1.82, 2.24) is 10.3 Å². The lowest BCUT2D eigenvalue weighted by atomic mass is 9.99. The molecule has 1 aliphatic rings. The summed E-state index contributed by atoms with van der Waals surface area (Å²) in [4.78, 5) is 4.33. The van der Waals surface area contributed by atoms with Crippen LogP contribution in [0.5, 0.6) is 0 Å². The first-order valence-corrected chi connectivity index (χ1v) is 8.00. The second-order valence-corrected chi connectivity index (χ2v) is 6.08. The zero-order chi connectivity index (χ0) is 14.7. The first kappa shape index (κ1) is 14.3. The van der Waals surface area contributed by atoms with Gasteiger partial charge in [0, 0.05) is 17.9 Å². The average molecular weight is 280 g/mol. The van der Waals surface area contributed by atoms with Crippen LogP contribution in [0.3, 0.4) is 0 Å². The van der Waals surface area contributed by atoms with Crippen LogP contribution in [0.2, 0.25) is 0 Å². The Balaban J connectivity index is 1.78. The Bertz CT molecular complexity index is 579. The first-order chi connectivity index (χ1) is 10.3.